The van der Waals surface area contributed by atoms with E-state index >= 15 is 0 Å². The van der Waals surface area contributed by atoms with Crippen LogP contribution in [-0.2, 0) is 6.54 Å². The van der Waals surface area contributed by atoms with Gasteiger partial charge in [-0.3, -0.25) is 0 Å². The van der Waals surface area contributed by atoms with E-state index in [2.05, 4.69) is 4.98 Å². The van der Waals surface area contributed by atoms with Crippen molar-refractivity contribution in [3.63, 3.8) is 0 Å². The summed E-state index contributed by atoms with van der Waals surface area (Å²) < 4.78 is 13.5. The van der Waals surface area contributed by atoms with Gasteiger partial charge in [0.05, 0.1) is 0 Å². The fourth-order valence-electron chi connectivity index (χ4n) is 1.19. The van der Waals surface area contributed by atoms with Gasteiger partial charge in [-0.25, -0.2) is 9.37 Å². The summed E-state index contributed by atoms with van der Waals surface area (Å²) in [6.07, 6.45) is 1.66. The Morgan fingerprint density at radius 1 is 1.47 bits per heavy atom. The molecule has 1 aromatic carbocycles. The molecule has 2 N–H and O–H groups in total. The lowest BCUT2D eigenvalue weighted by atomic mass is 10.2. The number of aromatic nitrogens is 1. The van der Waals surface area contributed by atoms with Crippen molar-refractivity contribution in [1.29, 1.82) is 0 Å². The molecule has 0 spiro atoms. The van der Waals surface area contributed by atoms with Crippen molar-refractivity contribution >= 4 is 22.9 Å². The molecule has 0 aliphatic carbocycles. The molecule has 1 heterocycles. The predicted molar refractivity (Wildman–Crippen MR) is 60.4 cm³/mol. The third-order valence-electron chi connectivity index (χ3n) is 1.92. The van der Waals surface area contributed by atoms with Gasteiger partial charge in [0, 0.05) is 28.2 Å². The molecule has 1 aromatic heterocycles. The lowest BCUT2D eigenvalue weighted by Gasteiger charge is -1.98. The summed E-state index contributed by atoms with van der Waals surface area (Å²) in [6, 6.07) is 4.54. The SMILES string of the molecule is NCc1cnc(-c2ccc(Cl)cc2F)s1. The van der Waals surface area contributed by atoms with E-state index in [1.165, 1.54) is 17.4 Å². The molecule has 0 radical (unpaired) electrons. The van der Waals surface area contributed by atoms with E-state index in [1.807, 2.05) is 0 Å². The highest BCUT2D eigenvalue weighted by atomic mass is 35.5. The van der Waals surface area contributed by atoms with Crippen LogP contribution in [0.4, 0.5) is 4.39 Å². The maximum Gasteiger partial charge on any atom is 0.134 e. The van der Waals surface area contributed by atoms with Crippen molar-refractivity contribution in [2.24, 2.45) is 5.73 Å². The van der Waals surface area contributed by atoms with Gasteiger partial charge in [-0.05, 0) is 18.2 Å². The van der Waals surface area contributed by atoms with Gasteiger partial charge in [-0.1, -0.05) is 11.6 Å². The van der Waals surface area contributed by atoms with Gasteiger partial charge in [0.25, 0.3) is 0 Å². The van der Waals surface area contributed by atoms with Crippen LogP contribution in [0.1, 0.15) is 4.88 Å². The van der Waals surface area contributed by atoms with Crippen LogP contribution in [0.2, 0.25) is 5.02 Å². The molecule has 0 amide bonds. The number of rotatable bonds is 2. The van der Waals surface area contributed by atoms with Crippen LogP contribution in [0, 0.1) is 5.82 Å². The molecule has 78 valence electrons. The van der Waals surface area contributed by atoms with Crippen molar-refractivity contribution in [1.82, 2.24) is 4.98 Å². The van der Waals surface area contributed by atoms with Crippen molar-refractivity contribution in [2.45, 2.75) is 6.54 Å². The Balaban J connectivity index is 2.44. The molecule has 0 aliphatic rings. The molecule has 0 saturated carbocycles. The third kappa shape index (κ3) is 2.17. The molecule has 0 saturated heterocycles. The average molecular weight is 243 g/mol. The zero-order valence-corrected chi connectivity index (χ0v) is 9.28. The number of nitrogens with two attached hydrogens (primary N) is 1. The van der Waals surface area contributed by atoms with E-state index in [-0.39, 0.29) is 5.82 Å². The van der Waals surface area contributed by atoms with E-state index in [0.717, 1.165) is 4.88 Å². The molecular weight excluding hydrogens is 235 g/mol. The largest absolute Gasteiger partial charge is 0.326 e. The first kappa shape index (κ1) is 10.5. The molecule has 2 rings (SSSR count). The van der Waals surface area contributed by atoms with Crippen LogP contribution in [-0.4, -0.2) is 4.98 Å². The Morgan fingerprint density at radius 2 is 2.27 bits per heavy atom. The summed E-state index contributed by atoms with van der Waals surface area (Å²) in [5, 5.41) is 1.01. The Bertz CT molecular complexity index is 484. The highest BCUT2D eigenvalue weighted by Gasteiger charge is 2.09. The van der Waals surface area contributed by atoms with Crippen LogP contribution >= 0.6 is 22.9 Å². The lowest BCUT2D eigenvalue weighted by Crippen LogP contribution is -1.91. The van der Waals surface area contributed by atoms with Gasteiger partial charge >= 0.3 is 0 Å². The number of halogens is 2. The molecular formula is C10H8ClFN2S. The molecule has 0 aliphatic heterocycles. The average Bonchev–Trinajstić information content (AvgIpc) is 2.66. The molecule has 2 nitrogen and oxygen atoms in total. The maximum absolute atomic E-state index is 13.5. The van der Waals surface area contributed by atoms with Crippen molar-refractivity contribution < 1.29 is 4.39 Å². The van der Waals surface area contributed by atoms with E-state index < -0.39 is 0 Å². The molecule has 2 aromatic rings. The molecule has 0 bridgehead atoms. The number of hydrogen-bond donors (Lipinski definition) is 1. The minimum Gasteiger partial charge on any atom is -0.326 e. The third-order valence-corrected chi connectivity index (χ3v) is 3.20. The Kier molecular flexibility index (Phi) is 3.00. The van der Waals surface area contributed by atoms with Gasteiger partial charge in [-0.15, -0.1) is 11.3 Å². The molecule has 15 heavy (non-hydrogen) atoms. The summed E-state index contributed by atoms with van der Waals surface area (Å²) in [4.78, 5) is 5.03. The van der Waals surface area contributed by atoms with E-state index in [4.69, 9.17) is 17.3 Å². The summed E-state index contributed by atoms with van der Waals surface area (Å²) >= 11 is 7.05. The Morgan fingerprint density at radius 3 is 2.87 bits per heavy atom. The highest BCUT2D eigenvalue weighted by molar-refractivity contribution is 7.15. The van der Waals surface area contributed by atoms with Crippen molar-refractivity contribution in [2.75, 3.05) is 0 Å². The number of benzene rings is 1. The second kappa shape index (κ2) is 4.26. The zero-order chi connectivity index (χ0) is 10.8. The van der Waals surface area contributed by atoms with E-state index in [1.54, 1.807) is 18.3 Å². The topological polar surface area (TPSA) is 38.9 Å². The standard InChI is InChI=1S/C10H8ClFN2S/c11-6-1-2-8(9(12)3-6)10-14-5-7(4-13)15-10/h1-3,5H,4,13H2. The van der Waals surface area contributed by atoms with Crippen LogP contribution in [0.3, 0.4) is 0 Å². The number of nitrogens with zero attached hydrogens (tertiary/aromatic N) is 1. The monoisotopic (exact) mass is 242 g/mol. The van der Waals surface area contributed by atoms with Crippen LogP contribution < -0.4 is 5.73 Å². The smallest absolute Gasteiger partial charge is 0.134 e. The Hall–Kier alpha value is -0.970. The molecule has 0 atom stereocenters. The molecule has 0 unspecified atom stereocenters. The van der Waals surface area contributed by atoms with Gasteiger partial charge in [0.15, 0.2) is 0 Å². The highest BCUT2D eigenvalue weighted by Crippen LogP contribution is 2.28. The van der Waals surface area contributed by atoms with Gasteiger partial charge in [-0.2, -0.15) is 0 Å². The fraction of sp³-hybridized carbons (Fsp3) is 0.100. The van der Waals surface area contributed by atoms with Crippen LogP contribution in [0.5, 0.6) is 0 Å². The first-order valence-corrected chi connectivity index (χ1v) is 5.50. The van der Waals surface area contributed by atoms with Crippen LogP contribution in [0.15, 0.2) is 24.4 Å². The summed E-state index contributed by atoms with van der Waals surface area (Å²) in [7, 11) is 0. The zero-order valence-electron chi connectivity index (χ0n) is 7.71. The summed E-state index contributed by atoms with van der Waals surface area (Å²) in [5.74, 6) is -0.361. The van der Waals surface area contributed by atoms with Crippen molar-refractivity contribution in [3.8, 4) is 10.6 Å². The first-order chi connectivity index (χ1) is 7.20. The minimum absolute atomic E-state index is 0.361. The van der Waals surface area contributed by atoms with E-state index in [9.17, 15) is 4.39 Å². The fourth-order valence-corrected chi connectivity index (χ4v) is 2.17. The second-order valence-electron chi connectivity index (χ2n) is 2.96. The minimum atomic E-state index is -0.361. The van der Waals surface area contributed by atoms with E-state index in [0.29, 0.717) is 22.1 Å². The molecule has 0 fully saturated rings. The van der Waals surface area contributed by atoms with Gasteiger partial charge < -0.3 is 5.73 Å². The number of hydrogen-bond acceptors (Lipinski definition) is 3. The summed E-state index contributed by atoms with van der Waals surface area (Å²) in [5.41, 5.74) is 5.92. The summed E-state index contributed by atoms with van der Waals surface area (Å²) in [6.45, 7) is 0.423. The van der Waals surface area contributed by atoms with Crippen LogP contribution in [0.25, 0.3) is 10.6 Å². The Labute approximate surface area is 95.5 Å². The predicted octanol–water partition coefficient (Wildman–Crippen LogP) is 3.06. The normalized spacial score (nSPS) is 10.6. The van der Waals surface area contributed by atoms with Gasteiger partial charge in [0.1, 0.15) is 10.8 Å². The lowest BCUT2D eigenvalue weighted by molar-refractivity contribution is 0.631. The quantitative estimate of drug-likeness (QED) is 0.879. The maximum atomic E-state index is 13.5. The first-order valence-electron chi connectivity index (χ1n) is 4.31. The second-order valence-corrected chi connectivity index (χ2v) is 4.51. The number of thiazole rings is 1. The van der Waals surface area contributed by atoms with Gasteiger partial charge in [0.2, 0.25) is 0 Å². The van der Waals surface area contributed by atoms with Crippen molar-refractivity contribution in [3.05, 3.63) is 40.1 Å². The molecule has 5 heteroatoms.